The van der Waals surface area contributed by atoms with Gasteiger partial charge < -0.3 is 14.6 Å². The third-order valence-corrected chi connectivity index (χ3v) is 3.94. The van der Waals surface area contributed by atoms with Crippen molar-refractivity contribution in [2.24, 2.45) is 0 Å². The van der Waals surface area contributed by atoms with Gasteiger partial charge in [-0.2, -0.15) is 0 Å². The van der Waals surface area contributed by atoms with Crippen LogP contribution in [0.15, 0.2) is 35.9 Å². The van der Waals surface area contributed by atoms with Crippen molar-refractivity contribution < 1.29 is 19.4 Å². The van der Waals surface area contributed by atoms with E-state index in [2.05, 4.69) is 6.58 Å². The molecule has 1 N–H and O–H groups in total. The summed E-state index contributed by atoms with van der Waals surface area (Å²) in [4.78, 5) is 11.8. The molecule has 1 aliphatic heterocycles. The number of methoxy groups -OCH3 is 1. The zero-order chi connectivity index (χ0) is 17.9. The normalized spacial score (nSPS) is 13.3. The Hall–Kier alpha value is -2.49. The zero-order valence-electron chi connectivity index (χ0n) is 14.7. The molecule has 0 saturated carbocycles. The minimum absolute atomic E-state index is 0.0820. The van der Waals surface area contributed by atoms with Crippen LogP contribution in [0.4, 0.5) is 0 Å². The van der Waals surface area contributed by atoms with E-state index >= 15 is 0 Å². The highest BCUT2D eigenvalue weighted by atomic mass is 16.5. The number of rotatable bonds is 6. The van der Waals surface area contributed by atoms with Crippen LogP contribution in [0.25, 0.3) is 5.76 Å². The first-order chi connectivity index (χ1) is 11.3. The molecule has 2 rings (SSSR count). The van der Waals surface area contributed by atoms with Gasteiger partial charge >= 0.3 is 0 Å². The van der Waals surface area contributed by atoms with Crippen LogP contribution in [0.3, 0.4) is 0 Å². The van der Waals surface area contributed by atoms with Crippen molar-refractivity contribution in [2.75, 3.05) is 7.11 Å². The van der Waals surface area contributed by atoms with Crippen LogP contribution in [-0.2, 0) is 22.6 Å². The SMILES string of the molecule is C=C1OCc2c1cc(OC)c(CC=C(C)CC(=O)C=C(C)C)c2O. The van der Waals surface area contributed by atoms with Crippen molar-refractivity contribution in [1.82, 2.24) is 0 Å². The monoisotopic (exact) mass is 328 g/mol. The summed E-state index contributed by atoms with van der Waals surface area (Å²) < 4.78 is 10.8. The molecule has 1 aromatic rings. The van der Waals surface area contributed by atoms with Crippen molar-refractivity contribution in [1.29, 1.82) is 0 Å². The minimum Gasteiger partial charge on any atom is -0.507 e. The van der Waals surface area contributed by atoms with Crippen LogP contribution >= 0.6 is 0 Å². The summed E-state index contributed by atoms with van der Waals surface area (Å²) in [6, 6.07) is 1.84. The van der Waals surface area contributed by atoms with Gasteiger partial charge in [-0.15, -0.1) is 0 Å². The van der Waals surface area contributed by atoms with Crippen LogP contribution < -0.4 is 4.74 Å². The van der Waals surface area contributed by atoms with Crippen molar-refractivity contribution in [2.45, 2.75) is 40.2 Å². The second-order valence-corrected chi connectivity index (χ2v) is 6.26. The number of carbonyl (C=O) groups excluding carboxylic acids is 1. The third-order valence-electron chi connectivity index (χ3n) is 3.94. The second-order valence-electron chi connectivity index (χ2n) is 6.26. The fourth-order valence-corrected chi connectivity index (χ4v) is 2.74. The first-order valence-corrected chi connectivity index (χ1v) is 7.90. The molecule has 0 atom stereocenters. The summed E-state index contributed by atoms with van der Waals surface area (Å²) in [6.45, 7) is 9.87. The van der Waals surface area contributed by atoms with Crippen LogP contribution in [0, 0.1) is 0 Å². The topological polar surface area (TPSA) is 55.8 Å². The van der Waals surface area contributed by atoms with E-state index in [0.717, 1.165) is 22.3 Å². The number of allylic oxidation sites excluding steroid dienone is 4. The maximum Gasteiger partial charge on any atom is 0.159 e. The van der Waals surface area contributed by atoms with E-state index < -0.39 is 0 Å². The number of aromatic hydroxyl groups is 1. The molecule has 0 spiro atoms. The van der Waals surface area contributed by atoms with Gasteiger partial charge in [-0.25, -0.2) is 0 Å². The van der Waals surface area contributed by atoms with Gasteiger partial charge in [-0.1, -0.05) is 23.8 Å². The number of phenolic OH excluding ortho intramolecular Hbond substituents is 1. The molecule has 0 aliphatic carbocycles. The highest BCUT2D eigenvalue weighted by Crippen LogP contribution is 2.42. The molecule has 0 unspecified atom stereocenters. The quantitative estimate of drug-likeness (QED) is 0.624. The van der Waals surface area contributed by atoms with E-state index in [9.17, 15) is 9.90 Å². The van der Waals surface area contributed by atoms with Crippen molar-refractivity contribution in [3.8, 4) is 11.5 Å². The van der Waals surface area contributed by atoms with Gasteiger partial charge in [-0.05, 0) is 39.3 Å². The van der Waals surface area contributed by atoms with Crippen LogP contribution in [0.1, 0.15) is 43.9 Å². The number of ether oxygens (including phenoxy) is 2. The van der Waals surface area contributed by atoms with E-state index in [1.54, 1.807) is 13.2 Å². The number of ketones is 1. The van der Waals surface area contributed by atoms with E-state index in [1.807, 2.05) is 32.9 Å². The Morgan fingerprint density at radius 1 is 1.42 bits per heavy atom. The predicted molar refractivity (Wildman–Crippen MR) is 95.0 cm³/mol. The largest absolute Gasteiger partial charge is 0.507 e. The van der Waals surface area contributed by atoms with Crippen molar-refractivity contribution >= 4 is 11.5 Å². The first kappa shape index (κ1) is 17.9. The number of fused-ring (bicyclic) bond motifs is 1. The summed E-state index contributed by atoms with van der Waals surface area (Å²) in [7, 11) is 1.57. The van der Waals surface area contributed by atoms with Crippen LogP contribution in [-0.4, -0.2) is 18.0 Å². The van der Waals surface area contributed by atoms with E-state index in [-0.39, 0.29) is 11.5 Å². The van der Waals surface area contributed by atoms with Gasteiger partial charge in [0.15, 0.2) is 5.78 Å². The lowest BCUT2D eigenvalue weighted by Crippen LogP contribution is -1.98. The predicted octanol–water partition coefficient (Wildman–Crippen LogP) is 4.32. The highest BCUT2D eigenvalue weighted by Gasteiger charge is 2.24. The standard InChI is InChI=1S/C20H24O4/c1-12(2)8-15(21)9-13(3)6-7-16-19(23-5)10-17-14(4)24-11-18(17)20(16)22/h6,8,10,22H,4,7,9,11H2,1-3,5H3. The number of benzene rings is 1. The Morgan fingerprint density at radius 2 is 2.12 bits per heavy atom. The average molecular weight is 328 g/mol. The Kier molecular flexibility index (Phi) is 5.50. The molecule has 4 heteroatoms. The Labute approximate surface area is 143 Å². The average Bonchev–Trinajstić information content (AvgIpc) is 2.86. The van der Waals surface area contributed by atoms with Crippen LogP contribution in [0.2, 0.25) is 0 Å². The summed E-state index contributed by atoms with van der Waals surface area (Å²) in [5.74, 6) is 1.41. The van der Waals surface area contributed by atoms with Gasteiger partial charge in [0.25, 0.3) is 0 Å². The number of carbonyl (C=O) groups is 1. The van der Waals surface area contributed by atoms with Gasteiger partial charge in [0, 0.05) is 23.1 Å². The molecule has 0 radical (unpaired) electrons. The zero-order valence-corrected chi connectivity index (χ0v) is 14.7. The lowest BCUT2D eigenvalue weighted by atomic mass is 9.98. The van der Waals surface area contributed by atoms with Gasteiger partial charge in [0.1, 0.15) is 23.9 Å². The highest BCUT2D eigenvalue weighted by molar-refractivity contribution is 5.91. The summed E-state index contributed by atoms with van der Waals surface area (Å²) in [5, 5.41) is 10.5. The summed E-state index contributed by atoms with van der Waals surface area (Å²) >= 11 is 0. The minimum atomic E-state index is 0.0820. The maximum absolute atomic E-state index is 11.8. The van der Waals surface area contributed by atoms with E-state index in [1.165, 1.54) is 0 Å². The molecule has 24 heavy (non-hydrogen) atoms. The Bertz CT molecular complexity index is 734. The number of hydrogen-bond donors (Lipinski definition) is 1. The molecule has 0 fully saturated rings. The fraction of sp³-hybridized carbons (Fsp3) is 0.350. The second kappa shape index (κ2) is 7.39. The third kappa shape index (κ3) is 3.88. The molecule has 1 aromatic carbocycles. The molecule has 1 heterocycles. The number of hydrogen-bond acceptors (Lipinski definition) is 4. The number of phenols is 1. The van der Waals surface area contributed by atoms with Crippen molar-refractivity contribution in [3.63, 3.8) is 0 Å². The fourth-order valence-electron chi connectivity index (χ4n) is 2.74. The van der Waals surface area contributed by atoms with Crippen molar-refractivity contribution in [3.05, 3.63) is 52.6 Å². The lowest BCUT2D eigenvalue weighted by Gasteiger charge is -2.12. The van der Waals surface area contributed by atoms with Gasteiger partial charge in [0.05, 0.1) is 7.11 Å². The molecule has 0 bridgehead atoms. The van der Waals surface area contributed by atoms with E-state index in [4.69, 9.17) is 9.47 Å². The molecule has 0 saturated heterocycles. The molecule has 128 valence electrons. The Balaban J connectivity index is 2.24. The molecule has 0 amide bonds. The summed E-state index contributed by atoms with van der Waals surface area (Å²) in [5.41, 5.74) is 4.17. The lowest BCUT2D eigenvalue weighted by molar-refractivity contribution is -0.114. The first-order valence-electron chi connectivity index (χ1n) is 7.90. The van der Waals surface area contributed by atoms with Gasteiger partial charge in [-0.3, -0.25) is 4.79 Å². The van der Waals surface area contributed by atoms with Crippen LogP contribution in [0.5, 0.6) is 11.5 Å². The molecular formula is C20H24O4. The molecule has 4 nitrogen and oxygen atoms in total. The molecular weight excluding hydrogens is 304 g/mol. The van der Waals surface area contributed by atoms with Gasteiger partial charge in [0.2, 0.25) is 0 Å². The maximum atomic E-state index is 11.8. The van der Waals surface area contributed by atoms with E-state index in [0.29, 0.717) is 36.5 Å². The molecule has 0 aromatic heterocycles. The smallest absolute Gasteiger partial charge is 0.159 e. The Morgan fingerprint density at radius 3 is 2.75 bits per heavy atom. The summed E-state index contributed by atoms with van der Waals surface area (Å²) in [6.07, 6.45) is 4.46. The molecule has 1 aliphatic rings.